The van der Waals surface area contributed by atoms with Crippen LogP contribution < -0.4 is 5.73 Å². The fourth-order valence-corrected chi connectivity index (χ4v) is 2.20. The minimum Gasteiger partial charge on any atom is -0.338 e. The number of hydrogen-bond donors (Lipinski definition) is 1. The Hall–Kier alpha value is -0.650. The Bertz CT molecular complexity index is 380. The molecule has 1 aliphatic heterocycles. The van der Waals surface area contributed by atoms with Crippen molar-refractivity contribution in [2.75, 3.05) is 19.6 Å². The number of hydrogen-bond acceptors (Lipinski definition) is 5. The van der Waals surface area contributed by atoms with Gasteiger partial charge < -0.3 is 10.3 Å². The van der Waals surface area contributed by atoms with Crippen LogP contribution in [0.25, 0.3) is 0 Å². The Kier molecular flexibility index (Phi) is 5.77. The molecule has 2 heterocycles. The Morgan fingerprint density at radius 3 is 2.42 bits per heavy atom. The van der Waals surface area contributed by atoms with E-state index in [1.165, 1.54) is 12.8 Å². The van der Waals surface area contributed by atoms with Gasteiger partial charge >= 0.3 is 0 Å². The average Bonchev–Trinajstić information content (AvgIpc) is 2.78. The second-order valence-corrected chi connectivity index (χ2v) is 6.22. The van der Waals surface area contributed by atoms with Gasteiger partial charge in [-0.25, -0.2) is 0 Å². The van der Waals surface area contributed by atoms with Crippen molar-refractivity contribution in [3.63, 3.8) is 0 Å². The van der Waals surface area contributed by atoms with Gasteiger partial charge in [0.15, 0.2) is 5.82 Å². The number of aromatic nitrogens is 2. The van der Waals surface area contributed by atoms with E-state index in [2.05, 4.69) is 35.8 Å². The summed E-state index contributed by atoms with van der Waals surface area (Å²) in [6.07, 6.45) is 2.35. The first-order valence-electron chi connectivity index (χ1n) is 6.74. The molecule has 1 aromatic heterocycles. The average molecular weight is 289 g/mol. The van der Waals surface area contributed by atoms with Crippen LogP contribution in [0.15, 0.2) is 4.52 Å². The summed E-state index contributed by atoms with van der Waals surface area (Å²) < 4.78 is 5.32. The third kappa shape index (κ3) is 4.44. The van der Waals surface area contributed by atoms with Gasteiger partial charge in [-0.15, -0.1) is 12.4 Å². The Balaban J connectivity index is 0.00000180. The number of halogens is 1. The normalized spacial score (nSPS) is 18.3. The molecule has 0 atom stereocenters. The van der Waals surface area contributed by atoms with E-state index < -0.39 is 0 Å². The predicted molar refractivity (Wildman–Crippen MR) is 77.3 cm³/mol. The molecule has 6 heteroatoms. The predicted octanol–water partition coefficient (Wildman–Crippen LogP) is 1.96. The van der Waals surface area contributed by atoms with Gasteiger partial charge in [0.1, 0.15) is 0 Å². The molecule has 5 nitrogen and oxygen atoms in total. The van der Waals surface area contributed by atoms with Crippen molar-refractivity contribution in [2.24, 2.45) is 11.7 Å². The van der Waals surface area contributed by atoms with E-state index >= 15 is 0 Å². The number of nitrogens with two attached hydrogens (primary N) is 1. The summed E-state index contributed by atoms with van der Waals surface area (Å²) in [4.78, 5) is 6.84. The van der Waals surface area contributed by atoms with Crippen molar-refractivity contribution < 1.29 is 4.52 Å². The monoisotopic (exact) mass is 288 g/mol. The summed E-state index contributed by atoms with van der Waals surface area (Å²) in [5.41, 5.74) is 5.65. The lowest BCUT2D eigenvalue weighted by atomic mass is 9.96. The first kappa shape index (κ1) is 16.4. The standard InChI is InChI=1S/C13H24N4O.ClH/c1-13(2,3)12-15-11(18-16-12)9-17-6-4-10(8-14)5-7-17;/h10H,4-9,14H2,1-3H3;1H. The molecule has 0 spiro atoms. The van der Waals surface area contributed by atoms with Gasteiger partial charge in [-0.1, -0.05) is 25.9 Å². The third-order valence-electron chi connectivity index (χ3n) is 3.54. The van der Waals surface area contributed by atoms with Crippen LogP contribution in [0, 0.1) is 5.92 Å². The van der Waals surface area contributed by atoms with Crippen LogP contribution in [-0.4, -0.2) is 34.7 Å². The topological polar surface area (TPSA) is 68.2 Å². The number of likely N-dealkylation sites (tertiary alicyclic amines) is 1. The van der Waals surface area contributed by atoms with Crippen LogP contribution in [0.4, 0.5) is 0 Å². The zero-order valence-electron chi connectivity index (χ0n) is 12.1. The highest BCUT2D eigenvalue weighted by atomic mass is 35.5. The molecule has 1 saturated heterocycles. The van der Waals surface area contributed by atoms with Gasteiger partial charge in [0.25, 0.3) is 0 Å². The Morgan fingerprint density at radius 1 is 1.32 bits per heavy atom. The summed E-state index contributed by atoms with van der Waals surface area (Å²) in [6.45, 7) is 10.0. The number of piperidine rings is 1. The summed E-state index contributed by atoms with van der Waals surface area (Å²) in [5.74, 6) is 2.20. The van der Waals surface area contributed by atoms with Gasteiger partial charge in [0.05, 0.1) is 6.54 Å². The second-order valence-electron chi connectivity index (χ2n) is 6.22. The van der Waals surface area contributed by atoms with Crippen molar-refractivity contribution in [3.05, 3.63) is 11.7 Å². The van der Waals surface area contributed by atoms with Crippen molar-refractivity contribution in [2.45, 2.75) is 45.6 Å². The summed E-state index contributed by atoms with van der Waals surface area (Å²) in [6, 6.07) is 0. The maximum Gasteiger partial charge on any atom is 0.240 e. The maximum atomic E-state index is 5.69. The molecule has 1 aromatic rings. The van der Waals surface area contributed by atoms with E-state index in [9.17, 15) is 0 Å². The van der Waals surface area contributed by atoms with E-state index in [0.29, 0.717) is 5.92 Å². The van der Waals surface area contributed by atoms with Crippen LogP contribution in [0.5, 0.6) is 0 Å². The van der Waals surface area contributed by atoms with E-state index in [1.54, 1.807) is 0 Å². The Labute approximate surface area is 121 Å². The highest BCUT2D eigenvalue weighted by molar-refractivity contribution is 5.85. The van der Waals surface area contributed by atoms with Gasteiger partial charge in [-0.2, -0.15) is 4.98 Å². The fourth-order valence-electron chi connectivity index (χ4n) is 2.20. The van der Waals surface area contributed by atoms with E-state index in [0.717, 1.165) is 37.9 Å². The first-order chi connectivity index (χ1) is 8.49. The van der Waals surface area contributed by atoms with Crippen molar-refractivity contribution >= 4 is 12.4 Å². The van der Waals surface area contributed by atoms with E-state index in [4.69, 9.17) is 10.3 Å². The molecule has 0 saturated carbocycles. The summed E-state index contributed by atoms with van der Waals surface area (Å²) >= 11 is 0. The zero-order valence-corrected chi connectivity index (χ0v) is 12.9. The fraction of sp³-hybridized carbons (Fsp3) is 0.846. The van der Waals surface area contributed by atoms with Crippen LogP contribution in [0.2, 0.25) is 0 Å². The molecule has 0 radical (unpaired) electrons. The smallest absolute Gasteiger partial charge is 0.240 e. The maximum absolute atomic E-state index is 5.69. The molecule has 110 valence electrons. The van der Waals surface area contributed by atoms with Gasteiger partial charge in [-0.05, 0) is 38.4 Å². The molecule has 0 aromatic carbocycles. The minimum absolute atomic E-state index is 0. The molecule has 0 unspecified atom stereocenters. The van der Waals surface area contributed by atoms with Crippen LogP contribution >= 0.6 is 12.4 Å². The van der Waals surface area contributed by atoms with Crippen LogP contribution in [0.1, 0.15) is 45.3 Å². The van der Waals surface area contributed by atoms with Crippen molar-refractivity contribution in [1.29, 1.82) is 0 Å². The number of rotatable bonds is 3. The van der Waals surface area contributed by atoms with Gasteiger partial charge in [0, 0.05) is 5.41 Å². The SMILES string of the molecule is CC(C)(C)c1noc(CN2CCC(CN)CC2)n1.Cl. The zero-order chi connectivity index (χ0) is 13.2. The molecule has 0 bridgehead atoms. The lowest BCUT2D eigenvalue weighted by Crippen LogP contribution is -2.35. The molecule has 2 N–H and O–H groups in total. The lowest BCUT2D eigenvalue weighted by Gasteiger charge is -2.30. The summed E-state index contributed by atoms with van der Waals surface area (Å²) in [5, 5.41) is 4.05. The molecule has 19 heavy (non-hydrogen) atoms. The molecule has 1 fully saturated rings. The molecular weight excluding hydrogens is 264 g/mol. The van der Waals surface area contributed by atoms with Crippen molar-refractivity contribution in [1.82, 2.24) is 15.0 Å². The van der Waals surface area contributed by atoms with Crippen LogP contribution in [0.3, 0.4) is 0 Å². The first-order valence-corrected chi connectivity index (χ1v) is 6.74. The molecule has 0 amide bonds. The van der Waals surface area contributed by atoms with E-state index in [1.807, 2.05) is 0 Å². The second kappa shape index (κ2) is 6.68. The van der Waals surface area contributed by atoms with Gasteiger partial charge in [-0.3, -0.25) is 4.90 Å². The highest BCUT2D eigenvalue weighted by Crippen LogP contribution is 2.20. The quantitative estimate of drug-likeness (QED) is 0.921. The minimum atomic E-state index is -0.0473. The van der Waals surface area contributed by atoms with E-state index in [-0.39, 0.29) is 17.8 Å². The molecule has 0 aliphatic carbocycles. The largest absolute Gasteiger partial charge is 0.338 e. The van der Waals surface area contributed by atoms with Crippen molar-refractivity contribution in [3.8, 4) is 0 Å². The van der Waals surface area contributed by atoms with Crippen LogP contribution in [-0.2, 0) is 12.0 Å². The highest BCUT2D eigenvalue weighted by Gasteiger charge is 2.23. The lowest BCUT2D eigenvalue weighted by molar-refractivity contribution is 0.161. The molecule has 2 rings (SSSR count). The summed E-state index contributed by atoms with van der Waals surface area (Å²) in [7, 11) is 0. The molecular formula is C13H25ClN4O. The third-order valence-corrected chi connectivity index (χ3v) is 3.54. The number of nitrogens with zero attached hydrogens (tertiary/aromatic N) is 3. The van der Waals surface area contributed by atoms with Gasteiger partial charge in [0.2, 0.25) is 5.89 Å². The Morgan fingerprint density at radius 2 is 1.95 bits per heavy atom. The molecule has 1 aliphatic rings.